The van der Waals surface area contributed by atoms with Gasteiger partial charge in [0.25, 0.3) is 0 Å². The second-order valence-electron chi connectivity index (χ2n) is 3.51. The van der Waals surface area contributed by atoms with Crippen LogP contribution in [0.15, 0.2) is 27.1 Å². The van der Waals surface area contributed by atoms with Gasteiger partial charge in [-0.3, -0.25) is 0 Å². The predicted molar refractivity (Wildman–Crippen MR) is 69.6 cm³/mol. The van der Waals surface area contributed by atoms with Gasteiger partial charge in [0.2, 0.25) is 0 Å². The van der Waals surface area contributed by atoms with Gasteiger partial charge in [0.15, 0.2) is 0 Å². The Morgan fingerprint density at radius 2 is 2.07 bits per heavy atom. The Morgan fingerprint density at radius 3 is 2.60 bits per heavy atom. The zero-order chi connectivity index (χ0) is 11.4. The highest BCUT2D eigenvalue weighted by atomic mass is 79.9. The van der Waals surface area contributed by atoms with E-state index in [0.717, 1.165) is 20.9 Å². The zero-order valence-electron chi connectivity index (χ0n) is 8.58. The highest BCUT2D eigenvalue weighted by Gasteiger charge is 2.20. The third-order valence-corrected chi connectivity index (χ3v) is 3.77. The van der Waals surface area contributed by atoms with Crippen LogP contribution in [0.2, 0.25) is 0 Å². The van der Waals surface area contributed by atoms with Crippen molar-refractivity contribution in [3.05, 3.63) is 32.7 Å². The summed E-state index contributed by atoms with van der Waals surface area (Å²) in [5.74, 6) is 0.107. The van der Waals surface area contributed by atoms with E-state index in [4.69, 9.17) is 5.73 Å². The topological polar surface area (TPSA) is 46.2 Å². The van der Waals surface area contributed by atoms with Crippen LogP contribution < -0.4 is 5.73 Å². The molecule has 0 aliphatic rings. The normalized spacial score (nSPS) is 15.0. The van der Waals surface area contributed by atoms with E-state index < -0.39 is 6.10 Å². The molecule has 0 heterocycles. The van der Waals surface area contributed by atoms with Crippen LogP contribution in [0, 0.1) is 5.92 Å². The molecule has 1 aromatic rings. The molecule has 4 heteroatoms. The summed E-state index contributed by atoms with van der Waals surface area (Å²) in [6, 6.07) is 5.78. The minimum absolute atomic E-state index is 0.107. The van der Waals surface area contributed by atoms with Crippen molar-refractivity contribution in [1.29, 1.82) is 0 Å². The molecule has 0 radical (unpaired) electrons. The molecule has 2 nitrogen and oxygen atoms in total. The maximum absolute atomic E-state index is 10.2. The largest absolute Gasteiger partial charge is 0.388 e. The van der Waals surface area contributed by atoms with Crippen molar-refractivity contribution in [1.82, 2.24) is 0 Å². The number of hydrogen-bond acceptors (Lipinski definition) is 2. The number of hydrogen-bond donors (Lipinski definition) is 2. The number of aliphatic hydroxyl groups is 1. The highest BCUT2D eigenvalue weighted by molar-refractivity contribution is 9.11. The van der Waals surface area contributed by atoms with Crippen LogP contribution in [0.3, 0.4) is 0 Å². The molecule has 0 aliphatic carbocycles. The summed E-state index contributed by atoms with van der Waals surface area (Å²) >= 11 is 6.83. The lowest BCUT2D eigenvalue weighted by Gasteiger charge is -2.21. The smallest absolute Gasteiger partial charge is 0.0841 e. The van der Waals surface area contributed by atoms with Gasteiger partial charge >= 0.3 is 0 Å². The first-order valence-corrected chi connectivity index (χ1v) is 6.51. The molecule has 0 aliphatic heterocycles. The van der Waals surface area contributed by atoms with Gasteiger partial charge in [-0.1, -0.05) is 38.8 Å². The third-order valence-electron chi connectivity index (χ3n) is 2.55. The number of rotatable bonds is 4. The van der Waals surface area contributed by atoms with Crippen LogP contribution >= 0.6 is 31.9 Å². The SMILES string of the molecule is CCC(CN)C(O)c1cc(Br)ccc1Br. The van der Waals surface area contributed by atoms with Crippen molar-refractivity contribution < 1.29 is 5.11 Å². The highest BCUT2D eigenvalue weighted by Crippen LogP contribution is 2.31. The Labute approximate surface area is 107 Å². The van der Waals surface area contributed by atoms with Gasteiger partial charge in [-0.25, -0.2) is 0 Å². The van der Waals surface area contributed by atoms with E-state index in [0.29, 0.717) is 6.54 Å². The van der Waals surface area contributed by atoms with Crippen molar-refractivity contribution in [2.45, 2.75) is 19.4 Å². The molecule has 2 atom stereocenters. The van der Waals surface area contributed by atoms with Crippen molar-refractivity contribution in [2.24, 2.45) is 11.7 Å². The number of aliphatic hydroxyl groups excluding tert-OH is 1. The van der Waals surface area contributed by atoms with Gasteiger partial charge < -0.3 is 10.8 Å². The number of halogens is 2. The fraction of sp³-hybridized carbons (Fsp3) is 0.455. The number of nitrogens with two attached hydrogens (primary N) is 1. The van der Waals surface area contributed by atoms with Gasteiger partial charge in [-0.05, 0) is 36.7 Å². The van der Waals surface area contributed by atoms with Crippen molar-refractivity contribution in [3.63, 3.8) is 0 Å². The van der Waals surface area contributed by atoms with Gasteiger partial charge in [-0.15, -0.1) is 0 Å². The molecular weight excluding hydrogens is 322 g/mol. The van der Waals surface area contributed by atoms with E-state index >= 15 is 0 Å². The van der Waals surface area contributed by atoms with Crippen molar-refractivity contribution >= 4 is 31.9 Å². The lowest BCUT2D eigenvalue weighted by atomic mass is 9.94. The van der Waals surface area contributed by atoms with E-state index in [9.17, 15) is 5.11 Å². The summed E-state index contributed by atoms with van der Waals surface area (Å²) in [5, 5.41) is 10.2. The van der Waals surface area contributed by atoms with Gasteiger partial charge in [0, 0.05) is 14.9 Å². The van der Waals surface area contributed by atoms with Crippen LogP contribution in [0.5, 0.6) is 0 Å². The molecule has 0 spiro atoms. The third kappa shape index (κ3) is 3.28. The van der Waals surface area contributed by atoms with Crippen LogP contribution in [-0.2, 0) is 0 Å². The first-order chi connectivity index (χ1) is 7.10. The molecule has 0 saturated carbocycles. The molecule has 1 rings (SSSR count). The van der Waals surface area contributed by atoms with Crippen LogP contribution in [-0.4, -0.2) is 11.7 Å². The molecule has 0 saturated heterocycles. The van der Waals surface area contributed by atoms with E-state index in [1.165, 1.54) is 0 Å². The maximum atomic E-state index is 10.2. The summed E-state index contributed by atoms with van der Waals surface area (Å²) in [5.41, 5.74) is 6.51. The summed E-state index contributed by atoms with van der Waals surface area (Å²) < 4.78 is 1.89. The monoisotopic (exact) mass is 335 g/mol. The minimum Gasteiger partial charge on any atom is -0.388 e. The molecule has 0 fully saturated rings. The Morgan fingerprint density at radius 1 is 1.40 bits per heavy atom. The predicted octanol–water partition coefficient (Wildman–Crippen LogP) is 3.23. The van der Waals surface area contributed by atoms with E-state index in [-0.39, 0.29) is 5.92 Å². The Hall–Kier alpha value is 0.1000. The van der Waals surface area contributed by atoms with E-state index in [2.05, 4.69) is 31.9 Å². The number of benzene rings is 1. The van der Waals surface area contributed by atoms with Crippen molar-refractivity contribution in [3.8, 4) is 0 Å². The Bertz CT molecular complexity index is 326. The molecular formula is C11H15Br2NO. The molecule has 2 unspecified atom stereocenters. The maximum Gasteiger partial charge on any atom is 0.0841 e. The molecule has 15 heavy (non-hydrogen) atoms. The first-order valence-electron chi connectivity index (χ1n) is 4.93. The zero-order valence-corrected chi connectivity index (χ0v) is 11.8. The minimum atomic E-state index is -0.508. The van der Waals surface area contributed by atoms with Gasteiger partial charge in [0.05, 0.1) is 6.10 Å². The van der Waals surface area contributed by atoms with Crippen molar-refractivity contribution in [2.75, 3.05) is 6.54 Å². The molecule has 0 amide bonds. The first kappa shape index (κ1) is 13.2. The molecule has 1 aromatic carbocycles. The summed E-state index contributed by atoms with van der Waals surface area (Å²) in [7, 11) is 0. The molecule has 84 valence electrons. The average Bonchev–Trinajstić information content (AvgIpc) is 2.23. The molecule has 3 N–H and O–H groups in total. The summed E-state index contributed by atoms with van der Waals surface area (Å²) in [6.45, 7) is 2.53. The van der Waals surface area contributed by atoms with Crippen LogP contribution in [0.25, 0.3) is 0 Å². The van der Waals surface area contributed by atoms with E-state index in [1.54, 1.807) is 0 Å². The quantitative estimate of drug-likeness (QED) is 0.886. The lowest BCUT2D eigenvalue weighted by molar-refractivity contribution is 0.109. The van der Waals surface area contributed by atoms with Crippen LogP contribution in [0.1, 0.15) is 25.0 Å². The van der Waals surface area contributed by atoms with E-state index in [1.807, 2.05) is 25.1 Å². The average molecular weight is 337 g/mol. The second kappa shape index (κ2) is 5.99. The van der Waals surface area contributed by atoms with Gasteiger partial charge in [0.1, 0.15) is 0 Å². The fourth-order valence-electron chi connectivity index (χ4n) is 1.51. The van der Waals surface area contributed by atoms with Gasteiger partial charge in [-0.2, -0.15) is 0 Å². The fourth-order valence-corrected chi connectivity index (χ4v) is 2.37. The second-order valence-corrected chi connectivity index (χ2v) is 5.28. The summed E-state index contributed by atoms with van der Waals surface area (Å²) in [6.07, 6.45) is 0.364. The summed E-state index contributed by atoms with van der Waals surface area (Å²) in [4.78, 5) is 0. The Balaban J connectivity index is 2.98. The molecule has 0 bridgehead atoms. The molecule has 0 aromatic heterocycles. The van der Waals surface area contributed by atoms with Crippen LogP contribution in [0.4, 0.5) is 0 Å². The Kier molecular flexibility index (Phi) is 5.26. The lowest BCUT2D eigenvalue weighted by Crippen LogP contribution is -2.21. The standard InChI is InChI=1S/C11H15Br2NO/c1-2-7(6-14)11(15)9-5-8(12)3-4-10(9)13/h3-5,7,11,15H,2,6,14H2,1H3.